The molecule has 2 saturated heterocycles. The molecule has 2 bridgehead atoms. The second-order valence-corrected chi connectivity index (χ2v) is 6.74. The Labute approximate surface area is 153 Å². The molecule has 3 heterocycles. The van der Waals surface area contributed by atoms with Crippen LogP contribution < -0.4 is 15.3 Å². The van der Waals surface area contributed by atoms with Crippen LogP contribution in [0.5, 0.6) is 0 Å². The van der Waals surface area contributed by atoms with Crippen molar-refractivity contribution in [3.63, 3.8) is 0 Å². The third kappa shape index (κ3) is 3.18. The Balaban J connectivity index is 1.49. The average Bonchev–Trinajstić information content (AvgIpc) is 3.28. The molecule has 6 nitrogen and oxygen atoms in total. The first-order valence-electron chi connectivity index (χ1n) is 8.48. The van der Waals surface area contributed by atoms with Crippen LogP contribution in [0.2, 0.25) is 0 Å². The van der Waals surface area contributed by atoms with Crippen molar-refractivity contribution in [1.82, 2.24) is 10.5 Å². The number of amides is 1. The second kappa shape index (κ2) is 6.41. The minimum Gasteiger partial charge on any atom is -0.365 e. The SMILES string of the molecule is O=C(NO)c1ccc(N2C[C@H]3C[C@@H]2CN3c2cc(C(F)(F)F)ccn2)cc1. The number of piperazine rings is 1. The van der Waals surface area contributed by atoms with Crippen LogP contribution in [0.1, 0.15) is 22.3 Å². The van der Waals surface area contributed by atoms with Gasteiger partial charge in [-0.05, 0) is 42.8 Å². The van der Waals surface area contributed by atoms with Gasteiger partial charge in [0.1, 0.15) is 5.82 Å². The van der Waals surface area contributed by atoms with E-state index in [0.717, 1.165) is 24.2 Å². The largest absolute Gasteiger partial charge is 0.416 e. The Morgan fingerprint density at radius 3 is 2.37 bits per heavy atom. The molecule has 2 N–H and O–H groups in total. The number of anilines is 2. The molecular weight excluding hydrogens is 361 g/mol. The molecule has 1 aromatic heterocycles. The van der Waals surface area contributed by atoms with Gasteiger partial charge in [-0.1, -0.05) is 0 Å². The molecule has 1 amide bonds. The highest BCUT2D eigenvalue weighted by molar-refractivity contribution is 5.93. The fourth-order valence-corrected chi connectivity index (χ4v) is 3.88. The van der Waals surface area contributed by atoms with Gasteiger partial charge in [0.2, 0.25) is 0 Å². The summed E-state index contributed by atoms with van der Waals surface area (Å²) >= 11 is 0. The highest BCUT2D eigenvalue weighted by Gasteiger charge is 2.44. The maximum Gasteiger partial charge on any atom is 0.416 e. The van der Waals surface area contributed by atoms with Gasteiger partial charge in [0.25, 0.3) is 5.91 Å². The summed E-state index contributed by atoms with van der Waals surface area (Å²) in [5, 5.41) is 8.67. The molecule has 9 heteroatoms. The van der Waals surface area contributed by atoms with E-state index in [1.807, 2.05) is 4.90 Å². The molecule has 27 heavy (non-hydrogen) atoms. The summed E-state index contributed by atoms with van der Waals surface area (Å²) in [5.41, 5.74) is 2.19. The molecular formula is C18H17F3N4O2. The highest BCUT2D eigenvalue weighted by Crippen LogP contribution is 2.38. The third-order valence-electron chi connectivity index (χ3n) is 5.17. The fourth-order valence-electron chi connectivity index (χ4n) is 3.88. The summed E-state index contributed by atoms with van der Waals surface area (Å²) in [7, 11) is 0. The van der Waals surface area contributed by atoms with Crippen LogP contribution in [-0.2, 0) is 6.18 Å². The zero-order valence-electron chi connectivity index (χ0n) is 14.1. The smallest absolute Gasteiger partial charge is 0.365 e. The number of benzene rings is 1. The van der Waals surface area contributed by atoms with E-state index in [2.05, 4.69) is 9.88 Å². The number of nitrogens with zero attached hydrogens (tertiary/aromatic N) is 3. The van der Waals surface area contributed by atoms with Gasteiger partial charge in [0, 0.05) is 36.6 Å². The molecule has 2 aromatic rings. The zero-order chi connectivity index (χ0) is 19.2. The van der Waals surface area contributed by atoms with Gasteiger partial charge in [-0.2, -0.15) is 13.2 Å². The van der Waals surface area contributed by atoms with Crippen LogP contribution in [0, 0.1) is 0 Å². The third-order valence-corrected chi connectivity index (χ3v) is 5.17. The Hall–Kier alpha value is -2.81. The molecule has 2 aliphatic rings. The predicted octanol–water partition coefficient (Wildman–Crippen LogP) is 2.69. The molecule has 2 aliphatic heterocycles. The molecule has 0 spiro atoms. The number of pyridine rings is 1. The molecule has 0 saturated carbocycles. The maximum absolute atomic E-state index is 12.9. The van der Waals surface area contributed by atoms with Crippen molar-refractivity contribution in [2.45, 2.75) is 24.7 Å². The normalized spacial score (nSPS) is 21.6. The quantitative estimate of drug-likeness (QED) is 0.635. The van der Waals surface area contributed by atoms with Gasteiger partial charge in [-0.3, -0.25) is 10.0 Å². The molecule has 1 aromatic carbocycles. The van der Waals surface area contributed by atoms with E-state index >= 15 is 0 Å². The lowest BCUT2D eigenvalue weighted by molar-refractivity contribution is -0.137. The highest BCUT2D eigenvalue weighted by atomic mass is 19.4. The van der Waals surface area contributed by atoms with Crippen LogP contribution >= 0.6 is 0 Å². The summed E-state index contributed by atoms with van der Waals surface area (Å²) in [6.45, 7) is 1.27. The van der Waals surface area contributed by atoms with E-state index in [4.69, 9.17) is 5.21 Å². The number of rotatable bonds is 3. The van der Waals surface area contributed by atoms with Crippen molar-refractivity contribution in [3.05, 3.63) is 53.7 Å². The second-order valence-electron chi connectivity index (χ2n) is 6.74. The first-order chi connectivity index (χ1) is 12.9. The monoisotopic (exact) mass is 378 g/mol. The van der Waals surface area contributed by atoms with Crippen LogP contribution in [0.15, 0.2) is 42.6 Å². The van der Waals surface area contributed by atoms with Crippen LogP contribution in [0.25, 0.3) is 0 Å². The fraction of sp³-hybridized carbons (Fsp3) is 0.333. The van der Waals surface area contributed by atoms with Crippen LogP contribution in [-0.4, -0.2) is 41.3 Å². The molecule has 2 atom stereocenters. The van der Waals surface area contributed by atoms with E-state index < -0.39 is 17.6 Å². The topological polar surface area (TPSA) is 68.7 Å². The standard InChI is InChI=1S/C18H17F3N4O2/c19-18(20,21)12-5-6-22-16(7-12)25-10-14-8-15(25)9-24(14)13-3-1-11(2-4-13)17(26)23-27/h1-7,14-15,27H,8-10H2,(H,23,26)/t14-,15-/m1/s1. The molecule has 0 unspecified atom stereocenters. The first kappa shape index (κ1) is 17.6. The van der Waals surface area contributed by atoms with Crippen molar-refractivity contribution in [1.29, 1.82) is 0 Å². The van der Waals surface area contributed by atoms with Crippen LogP contribution in [0.3, 0.4) is 0 Å². The number of carbonyl (C=O) groups excluding carboxylic acids is 1. The lowest BCUT2D eigenvalue weighted by Gasteiger charge is -2.36. The summed E-state index contributed by atoms with van der Waals surface area (Å²) in [6.07, 6.45) is -2.34. The van der Waals surface area contributed by atoms with E-state index in [0.29, 0.717) is 24.5 Å². The number of alkyl halides is 3. The predicted molar refractivity (Wildman–Crippen MR) is 91.8 cm³/mol. The van der Waals surface area contributed by atoms with Crippen molar-refractivity contribution < 1.29 is 23.2 Å². The number of hydrogen-bond donors (Lipinski definition) is 2. The van der Waals surface area contributed by atoms with Gasteiger partial charge in [-0.25, -0.2) is 10.5 Å². The maximum atomic E-state index is 12.9. The van der Waals surface area contributed by atoms with Gasteiger partial charge in [0.05, 0.1) is 11.6 Å². The number of hydrogen-bond acceptors (Lipinski definition) is 5. The van der Waals surface area contributed by atoms with E-state index in [1.54, 1.807) is 29.7 Å². The number of fused-ring (bicyclic) bond motifs is 2. The summed E-state index contributed by atoms with van der Waals surface area (Å²) < 4.78 is 38.8. The number of carbonyl (C=O) groups is 1. The summed E-state index contributed by atoms with van der Waals surface area (Å²) in [5.74, 6) is -0.224. The number of halogens is 3. The van der Waals surface area contributed by atoms with Gasteiger partial charge in [0.15, 0.2) is 0 Å². The van der Waals surface area contributed by atoms with Crippen molar-refractivity contribution >= 4 is 17.4 Å². The van der Waals surface area contributed by atoms with Gasteiger partial charge >= 0.3 is 6.18 Å². The Bertz CT molecular complexity index is 856. The number of aromatic nitrogens is 1. The first-order valence-corrected chi connectivity index (χ1v) is 8.48. The Morgan fingerprint density at radius 2 is 1.78 bits per heavy atom. The molecule has 2 fully saturated rings. The Morgan fingerprint density at radius 1 is 1.11 bits per heavy atom. The number of hydroxylamine groups is 1. The minimum absolute atomic E-state index is 0.0893. The minimum atomic E-state index is -4.38. The van der Waals surface area contributed by atoms with E-state index in [-0.39, 0.29) is 12.1 Å². The zero-order valence-corrected chi connectivity index (χ0v) is 14.1. The van der Waals surface area contributed by atoms with Gasteiger partial charge < -0.3 is 9.80 Å². The van der Waals surface area contributed by atoms with E-state index in [1.165, 1.54) is 6.20 Å². The summed E-state index contributed by atoms with van der Waals surface area (Å²) in [6, 6.07) is 9.20. The molecule has 142 valence electrons. The van der Waals surface area contributed by atoms with Crippen molar-refractivity contribution in [2.75, 3.05) is 22.9 Å². The molecule has 4 rings (SSSR count). The summed E-state index contributed by atoms with van der Waals surface area (Å²) in [4.78, 5) is 19.7. The lowest BCUT2D eigenvalue weighted by atomic mass is 10.1. The van der Waals surface area contributed by atoms with E-state index in [9.17, 15) is 18.0 Å². The van der Waals surface area contributed by atoms with Crippen molar-refractivity contribution in [2.24, 2.45) is 0 Å². The average molecular weight is 378 g/mol. The Kier molecular flexibility index (Phi) is 4.18. The number of nitrogens with one attached hydrogen (secondary N) is 1. The van der Waals surface area contributed by atoms with Crippen molar-refractivity contribution in [3.8, 4) is 0 Å². The van der Waals surface area contributed by atoms with Gasteiger partial charge in [-0.15, -0.1) is 0 Å². The van der Waals surface area contributed by atoms with Crippen LogP contribution in [0.4, 0.5) is 24.7 Å². The molecule has 0 radical (unpaired) electrons. The molecule has 0 aliphatic carbocycles. The lowest BCUT2D eigenvalue weighted by Crippen LogP contribution is -2.47.